The molecule has 3 aliphatic carbocycles. The zero-order valence-electron chi connectivity index (χ0n) is 17.8. The molecule has 1 aromatic carbocycles. The molecule has 7 N–H and O–H groups in total. The van der Waals surface area contributed by atoms with Crippen molar-refractivity contribution in [3.05, 3.63) is 40.7 Å². The molecule has 1 fully saturated rings. The minimum atomic E-state index is -2.69. The fraction of sp³-hybridized carbons (Fsp3) is 0.500. The number of fused-ring (bicyclic) bond motifs is 3. The number of primary amides is 1. The van der Waals surface area contributed by atoms with Crippen molar-refractivity contribution in [1.29, 1.82) is 0 Å². The van der Waals surface area contributed by atoms with Gasteiger partial charge in [0.2, 0.25) is 5.91 Å². The molecule has 32 heavy (non-hydrogen) atoms. The number of rotatable bonds is 2. The summed E-state index contributed by atoms with van der Waals surface area (Å²) in [6.07, 6.45) is -1.74. The Hall–Kier alpha value is -2.79. The van der Waals surface area contributed by atoms with Crippen LogP contribution in [0.15, 0.2) is 29.5 Å². The Kier molecular flexibility index (Phi) is 4.80. The highest BCUT2D eigenvalue weighted by molar-refractivity contribution is 6.15. The average Bonchev–Trinajstić information content (AvgIpc) is 2.68. The van der Waals surface area contributed by atoms with Gasteiger partial charge in [0.1, 0.15) is 17.4 Å². The molecule has 0 aromatic heterocycles. The number of aliphatic hydroxyl groups excluding tert-OH is 2. The van der Waals surface area contributed by atoms with Gasteiger partial charge in [0.05, 0.1) is 17.3 Å². The molecule has 4 rings (SSSR count). The SMILES string of the molecule is CN(C)[C@@H]1C(O)C(C(N)=O)C(=O)[C@@]2(O)C(O)=C3C(=O)c4c(O)cccc4[C@@](C)(O)C3C[C@@H]12. The first-order valence-electron chi connectivity index (χ1n) is 10.2. The molecule has 0 saturated heterocycles. The van der Waals surface area contributed by atoms with E-state index in [1.165, 1.54) is 30.0 Å². The van der Waals surface area contributed by atoms with Gasteiger partial charge in [0.25, 0.3) is 0 Å². The number of phenolic OH excluding ortho intramolecular Hbond substituents is 1. The van der Waals surface area contributed by atoms with Crippen molar-refractivity contribution < 1.29 is 39.9 Å². The van der Waals surface area contributed by atoms with Crippen molar-refractivity contribution in [2.75, 3.05) is 14.1 Å². The lowest BCUT2D eigenvalue weighted by Gasteiger charge is -2.55. The third-order valence-electron chi connectivity index (χ3n) is 7.39. The Labute approximate surface area is 183 Å². The van der Waals surface area contributed by atoms with Gasteiger partial charge in [-0.15, -0.1) is 0 Å². The summed E-state index contributed by atoms with van der Waals surface area (Å²) in [7, 11) is 3.13. The predicted molar refractivity (Wildman–Crippen MR) is 109 cm³/mol. The van der Waals surface area contributed by atoms with Crippen LogP contribution in [0.25, 0.3) is 0 Å². The summed E-state index contributed by atoms with van der Waals surface area (Å²) < 4.78 is 0. The smallest absolute Gasteiger partial charge is 0.230 e. The van der Waals surface area contributed by atoms with Gasteiger partial charge in [-0.05, 0) is 39.1 Å². The lowest BCUT2D eigenvalue weighted by Crippen LogP contribution is -2.71. The fourth-order valence-corrected chi connectivity index (χ4v) is 5.86. The van der Waals surface area contributed by atoms with E-state index >= 15 is 0 Å². The predicted octanol–water partition coefficient (Wildman–Crippen LogP) is -1.05. The Bertz CT molecular complexity index is 1080. The van der Waals surface area contributed by atoms with Crippen LogP contribution in [-0.2, 0) is 15.2 Å². The number of aliphatic hydroxyl groups is 4. The number of amides is 1. The van der Waals surface area contributed by atoms with Crippen LogP contribution in [-0.4, -0.2) is 79.7 Å². The van der Waals surface area contributed by atoms with Gasteiger partial charge in [0, 0.05) is 23.5 Å². The summed E-state index contributed by atoms with van der Waals surface area (Å²) in [5.74, 6) is -8.67. The average molecular weight is 446 g/mol. The van der Waals surface area contributed by atoms with Gasteiger partial charge < -0.3 is 36.2 Å². The number of carbonyl (C=O) groups is 3. The van der Waals surface area contributed by atoms with Gasteiger partial charge >= 0.3 is 0 Å². The molecule has 172 valence electrons. The van der Waals surface area contributed by atoms with E-state index in [-0.39, 0.29) is 17.5 Å². The number of nitrogens with two attached hydrogens (primary N) is 1. The van der Waals surface area contributed by atoms with Crippen LogP contribution < -0.4 is 5.73 Å². The van der Waals surface area contributed by atoms with E-state index in [1.807, 2.05) is 0 Å². The number of phenols is 1. The molecule has 0 bridgehead atoms. The molecule has 3 unspecified atom stereocenters. The fourth-order valence-electron chi connectivity index (χ4n) is 5.86. The van der Waals surface area contributed by atoms with Crippen molar-refractivity contribution in [2.45, 2.75) is 36.7 Å². The van der Waals surface area contributed by atoms with Gasteiger partial charge in [0.15, 0.2) is 17.2 Å². The molecule has 10 heteroatoms. The minimum Gasteiger partial charge on any atom is -0.508 e. The molecule has 0 spiro atoms. The van der Waals surface area contributed by atoms with Crippen LogP contribution in [0.5, 0.6) is 5.75 Å². The maximum Gasteiger partial charge on any atom is 0.230 e. The summed E-state index contributed by atoms with van der Waals surface area (Å²) in [5.41, 5.74) is 0.394. The number of benzene rings is 1. The lowest BCUT2D eigenvalue weighted by atomic mass is 9.53. The molecular weight excluding hydrogens is 420 g/mol. The quantitative estimate of drug-likeness (QED) is 0.309. The highest BCUT2D eigenvalue weighted by atomic mass is 16.4. The lowest BCUT2D eigenvalue weighted by molar-refractivity contribution is -0.182. The molecule has 7 atom stereocenters. The van der Waals surface area contributed by atoms with Crippen LogP contribution in [0.3, 0.4) is 0 Å². The maximum absolute atomic E-state index is 13.3. The van der Waals surface area contributed by atoms with E-state index in [4.69, 9.17) is 5.73 Å². The zero-order valence-corrected chi connectivity index (χ0v) is 17.8. The summed E-state index contributed by atoms with van der Waals surface area (Å²) in [6, 6.07) is 3.20. The second kappa shape index (κ2) is 6.85. The second-order valence-corrected chi connectivity index (χ2v) is 9.29. The molecule has 3 aliphatic rings. The van der Waals surface area contributed by atoms with Gasteiger partial charge in [-0.1, -0.05) is 12.1 Å². The maximum atomic E-state index is 13.3. The normalized spacial score (nSPS) is 38.9. The standard InChI is InChI=1S/C22H26N2O8/c1-21(31)8-5-4-6-11(25)12(8)16(26)13-9(21)7-10-15(24(2)3)17(27)14(20(23)30)19(29)22(10,32)18(13)28/h4-6,9-10,14-15,17,25,27-28,31-32H,7H2,1-3H3,(H2,23,30)/t9?,10-,14?,15-,17?,21+,22-/m0/s1. The molecule has 0 aliphatic heterocycles. The van der Waals surface area contributed by atoms with Crippen molar-refractivity contribution in [3.8, 4) is 5.75 Å². The van der Waals surface area contributed by atoms with E-state index in [0.717, 1.165) is 0 Å². The van der Waals surface area contributed by atoms with Crippen LogP contribution in [0.1, 0.15) is 29.3 Å². The number of likely N-dealkylation sites (N-methyl/N-ethyl adjacent to an activating group) is 1. The molecule has 0 heterocycles. The minimum absolute atomic E-state index is 0.147. The number of ketones is 2. The topological polar surface area (TPSA) is 182 Å². The second-order valence-electron chi connectivity index (χ2n) is 9.29. The Morgan fingerprint density at radius 3 is 2.38 bits per heavy atom. The molecule has 10 nitrogen and oxygen atoms in total. The van der Waals surface area contributed by atoms with E-state index in [1.54, 1.807) is 14.1 Å². The Morgan fingerprint density at radius 1 is 1.19 bits per heavy atom. The Balaban J connectivity index is 2.02. The summed E-state index contributed by atoms with van der Waals surface area (Å²) >= 11 is 0. The number of hydrogen-bond donors (Lipinski definition) is 6. The van der Waals surface area contributed by atoms with Crippen molar-refractivity contribution in [2.24, 2.45) is 23.5 Å². The zero-order chi connectivity index (χ0) is 23.9. The first kappa shape index (κ1) is 22.4. The van der Waals surface area contributed by atoms with Crippen LogP contribution in [0, 0.1) is 17.8 Å². The third kappa shape index (κ3) is 2.57. The summed E-state index contributed by atoms with van der Waals surface area (Å²) in [5, 5.41) is 55.2. The molecule has 1 aromatic rings. The third-order valence-corrected chi connectivity index (χ3v) is 7.39. The molecule has 0 radical (unpaired) electrons. The molecular formula is C22H26N2O8. The van der Waals surface area contributed by atoms with Crippen molar-refractivity contribution in [1.82, 2.24) is 4.90 Å². The van der Waals surface area contributed by atoms with E-state index < -0.39 is 75.7 Å². The number of Topliss-reactive ketones (excluding diaryl/α,β-unsaturated/α-hetero) is 2. The van der Waals surface area contributed by atoms with Crippen LogP contribution in [0.2, 0.25) is 0 Å². The van der Waals surface area contributed by atoms with Gasteiger partial charge in [-0.25, -0.2) is 0 Å². The highest BCUT2D eigenvalue weighted by Gasteiger charge is 2.67. The monoisotopic (exact) mass is 446 g/mol. The number of carbonyl (C=O) groups excluding carboxylic acids is 3. The van der Waals surface area contributed by atoms with Crippen molar-refractivity contribution in [3.63, 3.8) is 0 Å². The van der Waals surface area contributed by atoms with Crippen LogP contribution in [0.4, 0.5) is 0 Å². The van der Waals surface area contributed by atoms with Crippen LogP contribution >= 0.6 is 0 Å². The Morgan fingerprint density at radius 2 is 1.81 bits per heavy atom. The van der Waals surface area contributed by atoms with Gasteiger partial charge in [-0.2, -0.15) is 0 Å². The first-order chi connectivity index (χ1) is 14.8. The number of aromatic hydroxyl groups is 1. The summed E-state index contributed by atoms with van der Waals surface area (Å²) in [6.45, 7) is 1.41. The summed E-state index contributed by atoms with van der Waals surface area (Å²) in [4.78, 5) is 40.0. The molecule has 1 saturated carbocycles. The van der Waals surface area contributed by atoms with E-state index in [2.05, 4.69) is 0 Å². The molecule has 1 amide bonds. The van der Waals surface area contributed by atoms with Crippen molar-refractivity contribution >= 4 is 17.5 Å². The van der Waals surface area contributed by atoms with E-state index in [0.29, 0.717) is 0 Å². The van der Waals surface area contributed by atoms with Gasteiger partial charge in [-0.3, -0.25) is 14.4 Å². The number of hydrogen-bond acceptors (Lipinski definition) is 9. The number of nitrogens with zero attached hydrogens (tertiary/aromatic N) is 1. The largest absolute Gasteiger partial charge is 0.508 e. The highest BCUT2D eigenvalue weighted by Crippen LogP contribution is 2.56. The van der Waals surface area contributed by atoms with E-state index in [9.17, 15) is 39.9 Å². The first-order valence-corrected chi connectivity index (χ1v) is 10.2.